The summed E-state index contributed by atoms with van der Waals surface area (Å²) in [6, 6.07) is 0.383. The van der Waals surface area contributed by atoms with Gasteiger partial charge in [-0.3, -0.25) is 4.98 Å². The van der Waals surface area contributed by atoms with E-state index in [1.807, 2.05) is 11.7 Å². The van der Waals surface area contributed by atoms with Gasteiger partial charge in [0.25, 0.3) is 0 Å². The van der Waals surface area contributed by atoms with Gasteiger partial charge in [-0.1, -0.05) is 6.92 Å². The van der Waals surface area contributed by atoms with E-state index in [-0.39, 0.29) is 0 Å². The van der Waals surface area contributed by atoms with Crippen molar-refractivity contribution in [3.8, 4) is 12.3 Å². The Balaban J connectivity index is 2.53. The van der Waals surface area contributed by atoms with Gasteiger partial charge in [-0.2, -0.15) is 0 Å². The Morgan fingerprint density at radius 3 is 3.15 bits per heavy atom. The van der Waals surface area contributed by atoms with Gasteiger partial charge in [0.05, 0.1) is 5.51 Å². The molecule has 1 rings (SSSR count). The fourth-order valence-electron chi connectivity index (χ4n) is 1.22. The molecule has 13 heavy (non-hydrogen) atoms. The van der Waals surface area contributed by atoms with Gasteiger partial charge < -0.3 is 5.32 Å². The number of terminal acetylenes is 1. The number of rotatable bonds is 5. The van der Waals surface area contributed by atoms with Crippen LogP contribution >= 0.6 is 11.3 Å². The third-order valence-corrected chi connectivity index (χ3v) is 2.71. The molecule has 2 nitrogen and oxygen atoms in total. The van der Waals surface area contributed by atoms with E-state index < -0.39 is 0 Å². The zero-order valence-corrected chi connectivity index (χ0v) is 8.60. The highest BCUT2D eigenvalue weighted by atomic mass is 32.1. The van der Waals surface area contributed by atoms with Crippen LogP contribution in [0.4, 0.5) is 0 Å². The van der Waals surface area contributed by atoms with Crippen LogP contribution < -0.4 is 5.32 Å². The summed E-state index contributed by atoms with van der Waals surface area (Å²) in [4.78, 5) is 5.34. The number of aromatic nitrogens is 1. The molecule has 70 valence electrons. The minimum Gasteiger partial charge on any atom is -0.309 e. The standard InChI is InChI=1S/C10H14N2S/c1-3-5-6-9(12-4-2)10-7-11-8-13-10/h1,7-9,12H,4-6H2,2H3. The Morgan fingerprint density at radius 1 is 1.77 bits per heavy atom. The lowest BCUT2D eigenvalue weighted by molar-refractivity contribution is 0.529. The smallest absolute Gasteiger partial charge is 0.0794 e. The molecule has 0 spiro atoms. The normalized spacial score (nSPS) is 12.3. The Labute approximate surface area is 83.4 Å². The van der Waals surface area contributed by atoms with E-state index in [0.717, 1.165) is 19.4 Å². The fraction of sp³-hybridized carbons (Fsp3) is 0.500. The van der Waals surface area contributed by atoms with Crippen LogP contribution in [0.1, 0.15) is 30.7 Å². The van der Waals surface area contributed by atoms with Crippen molar-refractivity contribution in [3.05, 3.63) is 16.6 Å². The van der Waals surface area contributed by atoms with E-state index in [1.165, 1.54) is 4.88 Å². The van der Waals surface area contributed by atoms with E-state index >= 15 is 0 Å². The molecule has 0 aliphatic heterocycles. The molecule has 1 aromatic heterocycles. The Bertz CT molecular complexity index is 261. The van der Waals surface area contributed by atoms with E-state index in [0.29, 0.717) is 6.04 Å². The summed E-state index contributed by atoms with van der Waals surface area (Å²) in [5, 5.41) is 3.39. The van der Waals surface area contributed by atoms with Crippen LogP contribution in [0.3, 0.4) is 0 Å². The van der Waals surface area contributed by atoms with Crippen LogP contribution in [0.25, 0.3) is 0 Å². The second-order valence-corrected chi connectivity index (χ2v) is 3.67. The molecular formula is C10H14N2S. The van der Waals surface area contributed by atoms with Gasteiger partial charge in [0.2, 0.25) is 0 Å². The minimum atomic E-state index is 0.383. The van der Waals surface area contributed by atoms with Crippen molar-refractivity contribution in [1.82, 2.24) is 10.3 Å². The van der Waals surface area contributed by atoms with E-state index in [4.69, 9.17) is 6.42 Å². The monoisotopic (exact) mass is 194 g/mol. The third-order valence-electron chi connectivity index (χ3n) is 1.82. The molecule has 0 bridgehead atoms. The molecule has 3 heteroatoms. The van der Waals surface area contributed by atoms with Crippen LogP contribution in [0.15, 0.2) is 11.7 Å². The second kappa shape index (κ2) is 5.74. The number of thiazole rings is 1. The maximum absolute atomic E-state index is 5.24. The summed E-state index contributed by atoms with van der Waals surface area (Å²) in [7, 11) is 0. The quantitative estimate of drug-likeness (QED) is 0.727. The lowest BCUT2D eigenvalue weighted by Gasteiger charge is -2.13. The molecule has 0 saturated heterocycles. The van der Waals surface area contributed by atoms with Gasteiger partial charge in [0, 0.05) is 23.5 Å². The van der Waals surface area contributed by atoms with E-state index in [2.05, 4.69) is 23.1 Å². The van der Waals surface area contributed by atoms with Crippen LogP contribution in [-0.2, 0) is 0 Å². The number of hydrogen-bond donors (Lipinski definition) is 1. The van der Waals surface area contributed by atoms with Gasteiger partial charge in [0.15, 0.2) is 0 Å². The molecule has 0 radical (unpaired) electrons. The van der Waals surface area contributed by atoms with Crippen molar-refractivity contribution in [3.63, 3.8) is 0 Å². The van der Waals surface area contributed by atoms with E-state index in [1.54, 1.807) is 11.3 Å². The van der Waals surface area contributed by atoms with Crippen LogP contribution in [0, 0.1) is 12.3 Å². The Kier molecular flexibility index (Phi) is 4.52. The molecule has 0 fully saturated rings. The van der Waals surface area contributed by atoms with E-state index in [9.17, 15) is 0 Å². The summed E-state index contributed by atoms with van der Waals surface area (Å²) < 4.78 is 0. The first-order valence-corrected chi connectivity index (χ1v) is 5.31. The summed E-state index contributed by atoms with van der Waals surface area (Å²) in [5.41, 5.74) is 1.86. The molecule has 0 aliphatic carbocycles. The lowest BCUT2D eigenvalue weighted by atomic mass is 10.1. The maximum atomic E-state index is 5.24. The van der Waals surface area contributed by atoms with Gasteiger partial charge in [-0.05, 0) is 13.0 Å². The molecule has 0 aliphatic rings. The van der Waals surface area contributed by atoms with Gasteiger partial charge in [0.1, 0.15) is 0 Å². The molecule has 0 aromatic carbocycles. The van der Waals surface area contributed by atoms with Crippen molar-refractivity contribution >= 4 is 11.3 Å². The highest BCUT2D eigenvalue weighted by Gasteiger charge is 2.10. The summed E-state index contributed by atoms with van der Waals surface area (Å²) in [6.45, 7) is 3.07. The van der Waals surface area contributed by atoms with Gasteiger partial charge in [-0.15, -0.1) is 23.7 Å². The summed E-state index contributed by atoms with van der Waals surface area (Å²) >= 11 is 1.68. The average molecular weight is 194 g/mol. The molecule has 1 heterocycles. The molecular weight excluding hydrogens is 180 g/mol. The number of nitrogens with one attached hydrogen (secondary N) is 1. The van der Waals surface area contributed by atoms with Crippen molar-refractivity contribution in [2.45, 2.75) is 25.8 Å². The first kappa shape index (κ1) is 10.2. The topological polar surface area (TPSA) is 24.9 Å². The fourth-order valence-corrected chi connectivity index (χ4v) is 1.95. The Hall–Kier alpha value is -0.850. The average Bonchev–Trinajstić information content (AvgIpc) is 2.65. The molecule has 0 saturated carbocycles. The predicted octanol–water partition coefficient (Wildman–Crippen LogP) is 2.21. The molecule has 1 aromatic rings. The number of hydrogen-bond acceptors (Lipinski definition) is 3. The summed E-state index contributed by atoms with van der Waals surface area (Å²) in [5.74, 6) is 2.66. The predicted molar refractivity (Wildman–Crippen MR) is 56.6 cm³/mol. The van der Waals surface area contributed by atoms with Crippen molar-refractivity contribution in [2.24, 2.45) is 0 Å². The lowest BCUT2D eigenvalue weighted by Crippen LogP contribution is -2.19. The number of nitrogens with zero attached hydrogens (tertiary/aromatic N) is 1. The SMILES string of the molecule is C#CCCC(NCC)c1cncs1. The zero-order valence-electron chi connectivity index (χ0n) is 7.79. The van der Waals surface area contributed by atoms with Crippen molar-refractivity contribution in [2.75, 3.05) is 6.54 Å². The largest absolute Gasteiger partial charge is 0.309 e. The molecule has 1 atom stereocenters. The highest BCUT2D eigenvalue weighted by molar-refractivity contribution is 7.09. The first-order valence-electron chi connectivity index (χ1n) is 4.43. The molecule has 0 amide bonds. The van der Waals surface area contributed by atoms with Crippen molar-refractivity contribution < 1.29 is 0 Å². The third kappa shape index (κ3) is 3.17. The van der Waals surface area contributed by atoms with Crippen molar-refractivity contribution in [1.29, 1.82) is 0 Å². The first-order chi connectivity index (χ1) is 6.38. The highest BCUT2D eigenvalue weighted by Crippen LogP contribution is 2.21. The Morgan fingerprint density at radius 2 is 2.62 bits per heavy atom. The van der Waals surface area contributed by atoms with Crippen LogP contribution in [-0.4, -0.2) is 11.5 Å². The maximum Gasteiger partial charge on any atom is 0.0794 e. The zero-order chi connectivity index (χ0) is 9.52. The second-order valence-electron chi connectivity index (χ2n) is 2.76. The molecule has 1 unspecified atom stereocenters. The van der Waals surface area contributed by atoms with Gasteiger partial charge >= 0.3 is 0 Å². The van der Waals surface area contributed by atoms with Crippen LogP contribution in [0.2, 0.25) is 0 Å². The van der Waals surface area contributed by atoms with Gasteiger partial charge in [-0.25, -0.2) is 0 Å². The van der Waals surface area contributed by atoms with Crippen LogP contribution in [0.5, 0.6) is 0 Å². The minimum absolute atomic E-state index is 0.383. The summed E-state index contributed by atoms with van der Waals surface area (Å²) in [6.07, 6.45) is 8.96. The molecule has 1 N–H and O–H groups in total.